The molecule has 1 aromatic carbocycles. The average Bonchev–Trinajstić information content (AvgIpc) is 3.54. The molecule has 4 aromatic heterocycles. The maximum atomic E-state index is 13.5. The standard InChI is InChI=1S/C29H31N5O5SSi/c1-20-7-9-24(10-8-20)40(37,38)34-18-23(15-26(34)29(35)36)27-25-14-22(21-6-5-11-30-16-21)17-31-28(25)33(32-27)19-39-12-13-41(2,3)4/h5-11,14-18H,12-13,19H2,1-4H3,(H,35,36). The molecule has 41 heavy (non-hydrogen) atoms. The minimum Gasteiger partial charge on any atom is -0.477 e. The molecule has 1 N–H and O–H groups in total. The first-order valence-electron chi connectivity index (χ1n) is 13.1. The maximum absolute atomic E-state index is 13.5. The Hall–Kier alpha value is -4.13. The molecule has 0 radical (unpaired) electrons. The Balaban J connectivity index is 1.63. The number of benzene rings is 1. The molecular formula is C29H31N5O5SSi. The summed E-state index contributed by atoms with van der Waals surface area (Å²) in [5, 5.41) is 15.3. The molecule has 0 aliphatic rings. The second-order valence-electron chi connectivity index (χ2n) is 11.1. The van der Waals surface area contributed by atoms with Crippen molar-refractivity contribution in [2.24, 2.45) is 0 Å². The molecule has 0 atom stereocenters. The first kappa shape index (κ1) is 28.4. The van der Waals surface area contributed by atoms with E-state index in [-0.39, 0.29) is 11.6 Å². The van der Waals surface area contributed by atoms with Crippen LogP contribution >= 0.6 is 0 Å². The van der Waals surface area contributed by atoms with E-state index in [1.807, 2.05) is 25.1 Å². The van der Waals surface area contributed by atoms with Gasteiger partial charge < -0.3 is 9.84 Å². The van der Waals surface area contributed by atoms with Gasteiger partial charge in [-0.2, -0.15) is 5.10 Å². The predicted octanol–water partition coefficient (Wildman–Crippen LogP) is 5.52. The normalized spacial score (nSPS) is 12.2. The molecule has 5 rings (SSSR count). The molecule has 0 aliphatic carbocycles. The fourth-order valence-corrected chi connectivity index (χ4v) is 6.44. The monoisotopic (exact) mass is 589 g/mol. The van der Waals surface area contributed by atoms with Crippen molar-refractivity contribution in [2.75, 3.05) is 6.61 Å². The first-order valence-corrected chi connectivity index (χ1v) is 18.2. The highest BCUT2D eigenvalue weighted by Gasteiger charge is 2.27. The second kappa shape index (κ2) is 11.0. The van der Waals surface area contributed by atoms with Crippen LogP contribution in [0.4, 0.5) is 0 Å². The summed E-state index contributed by atoms with van der Waals surface area (Å²) in [6.45, 7) is 9.39. The van der Waals surface area contributed by atoms with Crippen LogP contribution in [-0.4, -0.2) is 57.9 Å². The quantitative estimate of drug-likeness (QED) is 0.167. The van der Waals surface area contributed by atoms with Crippen LogP contribution in [0.15, 0.2) is 78.2 Å². The number of aryl methyl sites for hydroxylation is 1. The minimum absolute atomic E-state index is 0.0144. The topological polar surface area (TPSA) is 129 Å². The van der Waals surface area contributed by atoms with Gasteiger partial charge in [-0.05, 0) is 43.3 Å². The molecule has 0 aliphatic heterocycles. The lowest BCUT2D eigenvalue weighted by Crippen LogP contribution is -2.22. The number of hydrogen-bond acceptors (Lipinski definition) is 7. The summed E-state index contributed by atoms with van der Waals surface area (Å²) in [7, 11) is -5.49. The predicted molar refractivity (Wildman–Crippen MR) is 159 cm³/mol. The molecule has 212 valence electrons. The number of aromatic carboxylic acids is 1. The van der Waals surface area contributed by atoms with Gasteiger partial charge in [0.25, 0.3) is 10.0 Å². The van der Waals surface area contributed by atoms with Gasteiger partial charge in [-0.3, -0.25) is 4.98 Å². The van der Waals surface area contributed by atoms with Crippen molar-refractivity contribution < 1.29 is 23.1 Å². The lowest BCUT2D eigenvalue weighted by atomic mass is 10.1. The lowest BCUT2D eigenvalue weighted by Gasteiger charge is -2.15. The van der Waals surface area contributed by atoms with Gasteiger partial charge in [0.15, 0.2) is 5.65 Å². The number of nitrogens with zero attached hydrogens (tertiary/aromatic N) is 5. The van der Waals surface area contributed by atoms with Crippen molar-refractivity contribution >= 4 is 35.1 Å². The summed E-state index contributed by atoms with van der Waals surface area (Å²) >= 11 is 0. The Morgan fingerprint density at radius 1 is 1.02 bits per heavy atom. The number of hydrogen-bond donors (Lipinski definition) is 1. The van der Waals surface area contributed by atoms with Crippen molar-refractivity contribution in [1.82, 2.24) is 23.7 Å². The summed E-state index contributed by atoms with van der Waals surface area (Å²) in [4.78, 5) is 21.1. The molecule has 12 heteroatoms. The van der Waals surface area contributed by atoms with Crippen LogP contribution in [0, 0.1) is 6.92 Å². The Labute approximate surface area is 239 Å². The zero-order valence-electron chi connectivity index (χ0n) is 23.3. The number of carboxylic acids is 1. The van der Waals surface area contributed by atoms with Crippen LogP contribution in [0.3, 0.4) is 0 Å². The number of aromatic nitrogens is 5. The van der Waals surface area contributed by atoms with E-state index in [0.29, 0.717) is 28.9 Å². The van der Waals surface area contributed by atoms with Gasteiger partial charge in [-0.1, -0.05) is 43.4 Å². The average molecular weight is 590 g/mol. The third-order valence-electron chi connectivity index (χ3n) is 6.65. The van der Waals surface area contributed by atoms with Gasteiger partial charge in [-0.15, -0.1) is 0 Å². The van der Waals surface area contributed by atoms with Gasteiger partial charge in [-0.25, -0.2) is 26.9 Å². The number of carboxylic acid groups (broad SMARTS) is 1. The fourth-order valence-electron chi connectivity index (χ4n) is 4.34. The third kappa shape index (κ3) is 5.99. The van der Waals surface area contributed by atoms with E-state index in [2.05, 4.69) is 29.6 Å². The SMILES string of the molecule is Cc1ccc(S(=O)(=O)n2cc(-c3nn(COCC[Si](C)(C)C)c4ncc(-c5cccnc5)cc34)cc2C(=O)O)cc1. The molecule has 0 amide bonds. The fraction of sp³-hybridized carbons (Fsp3) is 0.241. The van der Waals surface area contributed by atoms with Crippen LogP contribution in [0.25, 0.3) is 33.4 Å². The van der Waals surface area contributed by atoms with Crippen molar-refractivity contribution in [3.8, 4) is 22.4 Å². The van der Waals surface area contributed by atoms with E-state index in [1.165, 1.54) is 24.4 Å². The molecule has 0 saturated heterocycles. The lowest BCUT2D eigenvalue weighted by molar-refractivity contribution is 0.0689. The van der Waals surface area contributed by atoms with Crippen LogP contribution < -0.4 is 0 Å². The Morgan fingerprint density at radius 2 is 1.78 bits per heavy atom. The van der Waals surface area contributed by atoms with Gasteiger partial charge in [0, 0.05) is 61.5 Å². The van der Waals surface area contributed by atoms with Crippen LogP contribution in [0.5, 0.6) is 0 Å². The summed E-state index contributed by atoms with van der Waals surface area (Å²) in [5.74, 6) is -1.38. The van der Waals surface area contributed by atoms with Gasteiger partial charge in [0.1, 0.15) is 18.1 Å². The van der Waals surface area contributed by atoms with Crippen molar-refractivity contribution in [1.29, 1.82) is 0 Å². The van der Waals surface area contributed by atoms with Crippen molar-refractivity contribution in [3.63, 3.8) is 0 Å². The second-order valence-corrected chi connectivity index (χ2v) is 18.5. The number of carbonyl (C=O) groups is 1. The summed E-state index contributed by atoms with van der Waals surface area (Å²) in [5.41, 5.74) is 3.38. The van der Waals surface area contributed by atoms with Gasteiger partial charge in [0.05, 0.1) is 4.90 Å². The van der Waals surface area contributed by atoms with Gasteiger partial charge in [0.2, 0.25) is 0 Å². The van der Waals surface area contributed by atoms with Crippen molar-refractivity contribution in [2.45, 2.75) is 44.2 Å². The van der Waals surface area contributed by atoms with E-state index in [4.69, 9.17) is 9.84 Å². The molecule has 0 fully saturated rings. The molecular weight excluding hydrogens is 559 g/mol. The van der Waals surface area contributed by atoms with Crippen molar-refractivity contribution in [3.05, 3.63) is 84.6 Å². The smallest absolute Gasteiger partial charge is 0.353 e. The van der Waals surface area contributed by atoms with E-state index < -0.39 is 29.8 Å². The van der Waals surface area contributed by atoms with Crippen LogP contribution in [0.2, 0.25) is 25.7 Å². The van der Waals surface area contributed by atoms with E-state index in [9.17, 15) is 18.3 Å². The molecule has 4 heterocycles. The first-order chi connectivity index (χ1) is 19.4. The molecule has 10 nitrogen and oxygen atoms in total. The summed E-state index contributed by atoms with van der Waals surface area (Å²) in [6, 6.07) is 14.2. The zero-order valence-corrected chi connectivity index (χ0v) is 25.1. The molecule has 0 saturated carbocycles. The van der Waals surface area contributed by atoms with E-state index >= 15 is 0 Å². The highest BCUT2D eigenvalue weighted by molar-refractivity contribution is 7.90. The van der Waals surface area contributed by atoms with Crippen LogP contribution in [-0.2, 0) is 21.5 Å². The number of fused-ring (bicyclic) bond motifs is 1. The molecule has 0 unspecified atom stereocenters. The molecule has 0 bridgehead atoms. The Kier molecular flexibility index (Phi) is 7.64. The third-order valence-corrected chi connectivity index (χ3v) is 10.0. The molecule has 5 aromatic rings. The summed E-state index contributed by atoms with van der Waals surface area (Å²) in [6.07, 6.45) is 6.42. The minimum atomic E-state index is -4.19. The van der Waals surface area contributed by atoms with Crippen LogP contribution in [0.1, 0.15) is 16.1 Å². The Bertz CT molecular complexity index is 1830. The maximum Gasteiger partial charge on any atom is 0.353 e. The summed E-state index contributed by atoms with van der Waals surface area (Å²) < 4.78 is 35.4. The largest absolute Gasteiger partial charge is 0.477 e. The number of rotatable bonds is 10. The molecule has 0 spiro atoms. The zero-order chi connectivity index (χ0) is 29.4. The van der Waals surface area contributed by atoms with Gasteiger partial charge >= 0.3 is 5.97 Å². The number of ether oxygens (including phenoxy) is 1. The Morgan fingerprint density at radius 3 is 2.44 bits per heavy atom. The van der Waals surface area contributed by atoms with E-state index in [1.54, 1.807) is 35.4 Å². The van der Waals surface area contributed by atoms with E-state index in [0.717, 1.165) is 26.7 Å². The number of pyridine rings is 2. The highest BCUT2D eigenvalue weighted by Crippen LogP contribution is 2.33. The highest BCUT2D eigenvalue weighted by atomic mass is 32.2.